The maximum absolute atomic E-state index is 14.0. The van der Waals surface area contributed by atoms with Crippen LogP contribution in [0.25, 0.3) is 32.6 Å². The lowest BCUT2D eigenvalue weighted by Gasteiger charge is -2.19. The maximum Gasteiger partial charge on any atom is 0.407 e. The van der Waals surface area contributed by atoms with E-state index in [1.807, 2.05) is 30.7 Å². The van der Waals surface area contributed by atoms with Crippen LogP contribution in [0.4, 0.5) is 9.18 Å². The Balaban J connectivity index is 1.64. The molecule has 4 aromatic rings. The highest BCUT2D eigenvalue weighted by Crippen LogP contribution is 2.35. The second-order valence-electron chi connectivity index (χ2n) is 9.06. The first-order chi connectivity index (χ1) is 15.6. The summed E-state index contributed by atoms with van der Waals surface area (Å²) in [6.07, 6.45) is 1.07. The number of fused-ring (bicyclic) bond motifs is 4. The largest absolute Gasteiger partial charge is 0.444 e. The lowest BCUT2D eigenvalue weighted by Crippen LogP contribution is -2.38. The van der Waals surface area contributed by atoms with Gasteiger partial charge in [0.2, 0.25) is 0 Å². The van der Waals surface area contributed by atoms with Gasteiger partial charge in [-0.05, 0) is 69.0 Å². The van der Waals surface area contributed by atoms with Crippen molar-refractivity contribution >= 4 is 44.6 Å². The molecule has 2 heterocycles. The number of halogens is 1. The fourth-order valence-corrected chi connectivity index (χ4v) is 4.18. The van der Waals surface area contributed by atoms with E-state index in [1.54, 1.807) is 33.0 Å². The van der Waals surface area contributed by atoms with Crippen molar-refractivity contribution in [2.75, 3.05) is 13.1 Å². The van der Waals surface area contributed by atoms with Gasteiger partial charge in [0.05, 0.1) is 5.52 Å². The van der Waals surface area contributed by atoms with Crippen LogP contribution < -0.4 is 10.6 Å². The number of amides is 2. The average molecular weight is 451 g/mol. The van der Waals surface area contributed by atoms with Crippen LogP contribution in [-0.2, 0) is 11.8 Å². The minimum absolute atomic E-state index is 0.219. The number of nitrogens with one attached hydrogen (secondary N) is 2. The van der Waals surface area contributed by atoms with Gasteiger partial charge in [-0.3, -0.25) is 9.78 Å². The number of hydrogen-bond donors (Lipinski definition) is 2. The highest BCUT2D eigenvalue weighted by atomic mass is 19.1. The molecule has 8 heteroatoms. The van der Waals surface area contributed by atoms with E-state index < -0.39 is 11.7 Å². The molecule has 4 rings (SSSR count). The number of carbonyl (C=O) groups excluding carboxylic acids is 2. The average Bonchev–Trinajstić information content (AvgIpc) is 3.01. The molecule has 2 aromatic carbocycles. The zero-order valence-electron chi connectivity index (χ0n) is 19.4. The molecule has 0 aliphatic carbocycles. The summed E-state index contributed by atoms with van der Waals surface area (Å²) in [7, 11) is 1.95. The molecule has 0 bridgehead atoms. The van der Waals surface area contributed by atoms with Crippen molar-refractivity contribution in [1.29, 1.82) is 0 Å². The standard InChI is InChI=1S/C25H27FN4O3/c1-14-16-8-9-27-21(23(31)28-10-11-29-24(32)33-25(2,3)4)18(16)13-19-17-12-15(26)6-7-20(17)30(5)22(14)19/h6-9,12-13H,10-11H2,1-5H3,(H,28,31)(H,29,32). The summed E-state index contributed by atoms with van der Waals surface area (Å²) >= 11 is 0. The van der Waals surface area contributed by atoms with Crippen molar-refractivity contribution in [3.63, 3.8) is 0 Å². The molecule has 0 radical (unpaired) electrons. The number of alkyl carbamates (subject to hydrolysis) is 1. The fourth-order valence-electron chi connectivity index (χ4n) is 4.18. The molecule has 0 atom stereocenters. The molecule has 33 heavy (non-hydrogen) atoms. The van der Waals surface area contributed by atoms with Crippen LogP contribution in [0.1, 0.15) is 36.8 Å². The van der Waals surface area contributed by atoms with E-state index in [1.165, 1.54) is 12.1 Å². The van der Waals surface area contributed by atoms with Gasteiger partial charge < -0.3 is 19.9 Å². The van der Waals surface area contributed by atoms with Crippen molar-refractivity contribution in [1.82, 2.24) is 20.2 Å². The second-order valence-corrected chi connectivity index (χ2v) is 9.06. The first-order valence-electron chi connectivity index (χ1n) is 10.8. The van der Waals surface area contributed by atoms with Crippen LogP contribution in [0.3, 0.4) is 0 Å². The molecule has 0 spiro atoms. The Labute approximate surface area is 190 Å². The Morgan fingerprint density at radius 3 is 2.48 bits per heavy atom. The molecular formula is C25H27FN4O3. The molecule has 0 saturated carbocycles. The van der Waals surface area contributed by atoms with E-state index in [2.05, 4.69) is 15.6 Å². The summed E-state index contributed by atoms with van der Waals surface area (Å²) in [6.45, 7) is 7.78. The smallest absolute Gasteiger partial charge is 0.407 e. The normalized spacial score (nSPS) is 11.8. The van der Waals surface area contributed by atoms with E-state index in [-0.39, 0.29) is 30.5 Å². The molecular weight excluding hydrogens is 423 g/mol. The van der Waals surface area contributed by atoms with Crippen molar-refractivity contribution in [2.45, 2.75) is 33.3 Å². The monoisotopic (exact) mass is 450 g/mol. The molecule has 172 valence electrons. The number of aryl methyl sites for hydroxylation is 2. The fraction of sp³-hybridized carbons (Fsp3) is 0.320. The Morgan fingerprint density at radius 1 is 1.03 bits per heavy atom. The van der Waals surface area contributed by atoms with Gasteiger partial charge in [-0.2, -0.15) is 0 Å². The summed E-state index contributed by atoms with van der Waals surface area (Å²) < 4.78 is 21.2. The van der Waals surface area contributed by atoms with Gasteiger partial charge in [0.25, 0.3) is 5.91 Å². The van der Waals surface area contributed by atoms with Crippen LogP contribution in [0, 0.1) is 12.7 Å². The maximum atomic E-state index is 14.0. The number of hydrogen-bond acceptors (Lipinski definition) is 4. The number of carbonyl (C=O) groups is 2. The lowest BCUT2D eigenvalue weighted by atomic mass is 10.00. The Bertz CT molecular complexity index is 1400. The minimum atomic E-state index is -0.589. The second kappa shape index (κ2) is 8.35. The van der Waals surface area contributed by atoms with Gasteiger partial charge in [0, 0.05) is 48.0 Å². The van der Waals surface area contributed by atoms with E-state index in [0.717, 1.165) is 32.8 Å². The van der Waals surface area contributed by atoms with Crippen molar-refractivity contribution in [3.8, 4) is 0 Å². The SMILES string of the molecule is Cc1c2ccnc(C(=O)NCCNC(=O)OC(C)(C)C)c2cc2c3cc(F)ccc3n(C)c12. The van der Waals surface area contributed by atoms with E-state index >= 15 is 0 Å². The zero-order chi connectivity index (χ0) is 23.9. The van der Waals surface area contributed by atoms with Gasteiger partial charge in [0.15, 0.2) is 0 Å². The van der Waals surface area contributed by atoms with Gasteiger partial charge >= 0.3 is 6.09 Å². The zero-order valence-corrected chi connectivity index (χ0v) is 19.4. The first kappa shape index (κ1) is 22.5. The molecule has 0 unspecified atom stereocenters. The predicted molar refractivity (Wildman–Crippen MR) is 127 cm³/mol. The van der Waals surface area contributed by atoms with Crippen LogP contribution in [0.15, 0.2) is 36.5 Å². The number of rotatable bonds is 4. The molecule has 2 N–H and O–H groups in total. The molecule has 0 aliphatic heterocycles. The molecule has 2 amide bonds. The summed E-state index contributed by atoms with van der Waals surface area (Å²) in [5.74, 6) is -0.661. The highest BCUT2D eigenvalue weighted by molar-refractivity contribution is 6.17. The number of ether oxygens (including phenoxy) is 1. The van der Waals surface area contributed by atoms with Crippen LogP contribution in [0.5, 0.6) is 0 Å². The summed E-state index contributed by atoms with van der Waals surface area (Å²) in [5, 5.41) is 8.65. The van der Waals surface area contributed by atoms with Gasteiger partial charge in [-0.1, -0.05) is 0 Å². The number of benzene rings is 2. The van der Waals surface area contributed by atoms with E-state index in [9.17, 15) is 14.0 Å². The van der Waals surface area contributed by atoms with Crippen LogP contribution >= 0.6 is 0 Å². The molecule has 0 aliphatic rings. The van der Waals surface area contributed by atoms with Crippen LogP contribution in [0.2, 0.25) is 0 Å². The minimum Gasteiger partial charge on any atom is -0.444 e. The first-order valence-corrected chi connectivity index (χ1v) is 10.8. The highest BCUT2D eigenvalue weighted by Gasteiger charge is 2.19. The quantitative estimate of drug-likeness (QED) is 0.446. The predicted octanol–water partition coefficient (Wildman–Crippen LogP) is 4.58. The lowest BCUT2D eigenvalue weighted by molar-refractivity contribution is 0.0526. The van der Waals surface area contributed by atoms with Gasteiger partial charge in [-0.15, -0.1) is 0 Å². The summed E-state index contributed by atoms with van der Waals surface area (Å²) in [5.41, 5.74) is 2.58. The van der Waals surface area contributed by atoms with E-state index in [0.29, 0.717) is 5.39 Å². The molecule has 7 nitrogen and oxygen atoms in total. The number of pyridine rings is 1. The third kappa shape index (κ3) is 4.33. The van der Waals surface area contributed by atoms with Gasteiger partial charge in [-0.25, -0.2) is 9.18 Å². The topological polar surface area (TPSA) is 85.2 Å². The number of nitrogens with zero attached hydrogens (tertiary/aromatic N) is 2. The van der Waals surface area contributed by atoms with Crippen molar-refractivity contribution in [3.05, 3.63) is 53.6 Å². The van der Waals surface area contributed by atoms with Gasteiger partial charge in [0.1, 0.15) is 17.1 Å². The number of aromatic nitrogens is 2. The third-order valence-corrected chi connectivity index (χ3v) is 5.53. The molecule has 0 saturated heterocycles. The van der Waals surface area contributed by atoms with E-state index in [4.69, 9.17) is 4.74 Å². The Kier molecular flexibility index (Phi) is 5.69. The van der Waals surface area contributed by atoms with Crippen molar-refractivity contribution in [2.24, 2.45) is 7.05 Å². The van der Waals surface area contributed by atoms with Crippen molar-refractivity contribution < 1.29 is 18.7 Å². The molecule has 0 fully saturated rings. The Morgan fingerprint density at radius 2 is 1.76 bits per heavy atom. The third-order valence-electron chi connectivity index (χ3n) is 5.53. The summed E-state index contributed by atoms with van der Waals surface area (Å²) in [4.78, 5) is 29.0. The Hall–Kier alpha value is -3.68. The summed E-state index contributed by atoms with van der Waals surface area (Å²) in [6, 6.07) is 8.51. The molecule has 2 aromatic heterocycles. The van der Waals surface area contributed by atoms with Crippen LogP contribution in [-0.4, -0.2) is 40.2 Å².